The number of aryl methyl sites for hydroxylation is 1. The topological polar surface area (TPSA) is 76.9 Å². The molecule has 0 fully saturated rings. The highest BCUT2D eigenvalue weighted by atomic mass is 32.2. The van der Waals surface area contributed by atoms with Crippen molar-refractivity contribution in [1.29, 1.82) is 0 Å². The zero-order valence-corrected chi connectivity index (χ0v) is 9.79. The smallest absolute Gasteiger partial charge is 0.151 e. The van der Waals surface area contributed by atoms with Crippen molar-refractivity contribution in [3.8, 4) is 0 Å². The highest BCUT2D eigenvalue weighted by Crippen LogP contribution is 1.90. The fourth-order valence-electron chi connectivity index (χ4n) is 1.05. The minimum absolute atomic E-state index is 0.168. The molecule has 0 aliphatic rings. The van der Waals surface area contributed by atoms with Gasteiger partial charge in [-0.25, -0.2) is 13.4 Å². The molecule has 0 spiro atoms. The van der Waals surface area contributed by atoms with Crippen molar-refractivity contribution in [2.24, 2.45) is 7.05 Å². The van der Waals surface area contributed by atoms with Gasteiger partial charge in [-0.15, -0.1) is 0 Å². The number of nitrogens with one attached hydrogen (secondary N) is 1. The summed E-state index contributed by atoms with van der Waals surface area (Å²) in [6.45, 7) is 2.64. The van der Waals surface area contributed by atoms with Crippen LogP contribution < -0.4 is 5.32 Å². The van der Waals surface area contributed by atoms with Gasteiger partial charge in [-0.2, -0.15) is 5.10 Å². The average Bonchev–Trinajstić information content (AvgIpc) is 2.59. The minimum atomic E-state index is -2.88. The molecule has 0 radical (unpaired) electrons. The average molecular weight is 232 g/mol. The Morgan fingerprint density at radius 3 is 2.80 bits per heavy atom. The first kappa shape index (κ1) is 12.1. The van der Waals surface area contributed by atoms with Crippen molar-refractivity contribution in [3.63, 3.8) is 0 Å². The summed E-state index contributed by atoms with van der Waals surface area (Å²) in [6.07, 6.45) is 1.47. The van der Waals surface area contributed by atoms with E-state index in [4.69, 9.17) is 0 Å². The molecule has 1 N–H and O–H groups in total. The number of hydrogen-bond donors (Lipinski definition) is 1. The number of nitrogens with zero attached hydrogens (tertiary/aromatic N) is 3. The molecule has 1 rings (SSSR count). The first-order chi connectivity index (χ1) is 7.05. The maximum absolute atomic E-state index is 11.2. The van der Waals surface area contributed by atoms with Crippen molar-refractivity contribution in [1.82, 2.24) is 20.1 Å². The zero-order valence-electron chi connectivity index (χ0n) is 8.97. The maximum atomic E-state index is 11.2. The summed E-state index contributed by atoms with van der Waals surface area (Å²) in [4.78, 5) is 4.01. The molecule has 0 unspecified atom stereocenters. The van der Waals surface area contributed by atoms with Crippen LogP contribution in [0.4, 0.5) is 0 Å². The van der Waals surface area contributed by atoms with Crippen LogP contribution in [0.5, 0.6) is 0 Å². The predicted octanol–water partition coefficient (Wildman–Crippen LogP) is -0.661. The summed E-state index contributed by atoms with van der Waals surface area (Å²) < 4.78 is 24.0. The second-order valence-electron chi connectivity index (χ2n) is 3.21. The Morgan fingerprint density at radius 1 is 1.53 bits per heavy atom. The van der Waals surface area contributed by atoms with Crippen LogP contribution >= 0.6 is 0 Å². The first-order valence-corrected chi connectivity index (χ1v) is 6.61. The third-order valence-electron chi connectivity index (χ3n) is 2.12. The van der Waals surface area contributed by atoms with E-state index in [1.165, 1.54) is 6.33 Å². The van der Waals surface area contributed by atoms with Gasteiger partial charge in [-0.3, -0.25) is 4.68 Å². The molecule has 86 valence electrons. The van der Waals surface area contributed by atoms with Gasteiger partial charge in [0.2, 0.25) is 0 Å². The molecule has 0 bridgehead atoms. The van der Waals surface area contributed by atoms with Gasteiger partial charge >= 0.3 is 0 Å². The summed E-state index contributed by atoms with van der Waals surface area (Å²) in [5.41, 5.74) is 0. The summed E-state index contributed by atoms with van der Waals surface area (Å²) in [7, 11) is -1.08. The molecular weight excluding hydrogens is 216 g/mol. The molecule has 0 aliphatic carbocycles. The van der Waals surface area contributed by atoms with Crippen molar-refractivity contribution >= 4 is 9.84 Å². The normalized spacial score (nSPS) is 11.9. The quantitative estimate of drug-likeness (QED) is 0.659. The van der Waals surface area contributed by atoms with E-state index in [1.807, 2.05) is 0 Å². The summed E-state index contributed by atoms with van der Waals surface area (Å²) >= 11 is 0. The van der Waals surface area contributed by atoms with Gasteiger partial charge in [-0.1, -0.05) is 6.92 Å². The molecular formula is C8H16N4O2S. The monoisotopic (exact) mass is 232 g/mol. The van der Waals surface area contributed by atoms with Crippen molar-refractivity contribution in [3.05, 3.63) is 12.2 Å². The predicted molar refractivity (Wildman–Crippen MR) is 57.0 cm³/mol. The Balaban J connectivity index is 2.26. The fourth-order valence-corrected chi connectivity index (χ4v) is 1.80. The van der Waals surface area contributed by atoms with Crippen LogP contribution in [0.3, 0.4) is 0 Å². The molecule has 0 amide bonds. The molecule has 0 aliphatic heterocycles. The van der Waals surface area contributed by atoms with Crippen LogP contribution in [-0.4, -0.2) is 41.2 Å². The van der Waals surface area contributed by atoms with Crippen molar-refractivity contribution < 1.29 is 8.42 Å². The van der Waals surface area contributed by atoms with E-state index in [0.717, 1.165) is 5.82 Å². The third kappa shape index (κ3) is 3.96. The Kier molecular flexibility index (Phi) is 4.22. The van der Waals surface area contributed by atoms with Crippen molar-refractivity contribution in [2.75, 3.05) is 18.1 Å². The fraction of sp³-hybridized carbons (Fsp3) is 0.750. The Hall–Kier alpha value is -0.950. The molecule has 0 saturated carbocycles. The summed E-state index contributed by atoms with van der Waals surface area (Å²) in [6, 6.07) is 0. The van der Waals surface area contributed by atoms with Crippen molar-refractivity contribution in [2.45, 2.75) is 13.5 Å². The highest BCUT2D eigenvalue weighted by molar-refractivity contribution is 7.91. The third-order valence-corrected chi connectivity index (χ3v) is 3.82. The van der Waals surface area contributed by atoms with E-state index < -0.39 is 9.84 Å². The molecule has 0 aromatic carbocycles. The Labute approximate surface area is 89.6 Å². The first-order valence-electron chi connectivity index (χ1n) is 4.79. The van der Waals surface area contributed by atoms with E-state index in [0.29, 0.717) is 13.1 Å². The van der Waals surface area contributed by atoms with Crippen LogP contribution in [0.2, 0.25) is 0 Å². The largest absolute Gasteiger partial charge is 0.309 e. The van der Waals surface area contributed by atoms with Gasteiger partial charge in [0.05, 0.1) is 12.3 Å². The van der Waals surface area contributed by atoms with E-state index in [2.05, 4.69) is 15.4 Å². The van der Waals surface area contributed by atoms with Gasteiger partial charge < -0.3 is 5.32 Å². The maximum Gasteiger partial charge on any atom is 0.151 e. The minimum Gasteiger partial charge on any atom is -0.309 e. The van der Waals surface area contributed by atoms with Crippen LogP contribution in [0.1, 0.15) is 12.7 Å². The Morgan fingerprint density at radius 2 is 2.27 bits per heavy atom. The lowest BCUT2D eigenvalue weighted by Gasteiger charge is -2.03. The lowest BCUT2D eigenvalue weighted by atomic mass is 10.5. The van der Waals surface area contributed by atoms with Gasteiger partial charge in [0.25, 0.3) is 0 Å². The number of hydrogen-bond acceptors (Lipinski definition) is 5. The van der Waals surface area contributed by atoms with E-state index >= 15 is 0 Å². The number of rotatable bonds is 6. The van der Waals surface area contributed by atoms with Gasteiger partial charge in [0.1, 0.15) is 12.2 Å². The molecule has 1 aromatic rings. The van der Waals surface area contributed by atoms with Crippen LogP contribution in [0.25, 0.3) is 0 Å². The molecule has 7 heteroatoms. The zero-order chi connectivity index (χ0) is 11.3. The van der Waals surface area contributed by atoms with E-state index in [1.54, 1.807) is 18.7 Å². The molecule has 6 nitrogen and oxygen atoms in total. The second kappa shape index (κ2) is 5.22. The number of aromatic nitrogens is 3. The molecule has 1 aromatic heterocycles. The summed E-state index contributed by atoms with van der Waals surface area (Å²) in [5, 5.41) is 6.92. The highest BCUT2D eigenvalue weighted by Gasteiger charge is 2.06. The van der Waals surface area contributed by atoms with E-state index in [-0.39, 0.29) is 11.5 Å². The van der Waals surface area contributed by atoms with Gasteiger partial charge in [0, 0.05) is 19.3 Å². The summed E-state index contributed by atoms with van der Waals surface area (Å²) in [5.74, 6) is 1.16. The lowest BCUT2D eigenvalue weighted by Crippen LogP contribution is -2.24. The van der Waals surface area contributed by atoms with E-state index in [9.17, 15) is 8.42 Å². The standard InChI is InChI=1S/C8H16N4O2S/c1-3-15(13,14)5-4-9-6-8-10-7-11-12(8)2/h7,9H,3-6H2,1-2H3. The molecule has 0 saturated heterocycles. The van der Waals surface area contributed by atoms with Gasteiger partial charge in [-0.05, 0) is 0 Å². The molecule has 1 heterocycles. The van der Waals surface area contributed by atoms with Crippen LogP contribution in [0, 0.1) is 0 Å². The Bertz CT molecular complexity index is 399. The SMILES string of the molecule is CCS(=O)(=O)CCNCc1ncnn1C. The molecule has 0 atom stereocenters. The van der Waals surface area contributed by atoms with Crippen LogP contribution in [0.15, 0.2) is 6.33 Å². The second-order valence-corrected chi connectivity index (χ2v) is 5.69. The van der Waals surface area contributed by atoms with Crippen LogP contribution in [-0.2, 0) is 23.4 Å². The lowest BCUT2D eigenvalue weighted by molar-refractivity contribution is 0.587. The number of sulfone groups is 1. The van der Waals surface area contributed by atoms with Gasteiger partial charge in [0.15, 0.2) is 9.84 Å². The molecule has 15 heavy (non-hydrogen) atoms.